The summed E-state index contributed by atoms with van der Waals surface area (Å²) in [6, 6.07) is 6.04. The summed E-state index contributed by atoms with van der Waals surface area (Å²) in [5.41, 5.74) is 3.77. The van der Waals surface area contributed by atoms with Gasteiger partial charge < -0.3 is 8.99 Å². The van der Waals surface area contributed by atoms with Crippen LogP contribution >= 0.6 is 0 Å². The number of aliphatic imine (C=N–C) groups is 1. The summed E-state index contributed by atoms with van der Waals surface area (Å²) in [6.45, 7) is 8.26. The molecule has 0 spiro atoms. The zero-order valence-corrected chi connectivity index (χ0v) is 13.6. The van der Waals surface area contributed by atoms with Crippen LogP contribution in [0, 0.1) is 6.92 Å². The van der Waals surface area contributed by atoms with Crippen molar-refractivity contribution in [2.75, 3.05) is 0 Å². The number of para-hydroxylation sites is 1. The fraction of sp³-hybridized carbons (Fsp3) is 0.333. The van der Waals surface area contributed by atoms with Gasteiger partial charge in [0.2, 0.25) is 0 Å². The average molecular weight is 286 g/mol. The van der Waals surface area contributed by atoms with Crippen molar-refractivity contribution in [3.05, 3.63) is 42.0 Å². The Hall–Kier alpha value is -1.88. The SMILES string of the molecule is CC(=Nc1cccc(C)c1O[Si](C)C)c1cn(C)cn1. The van der Waals surface area contributed by atoms with Crippen LogP contribution in [0.5, 0.6) is 5.75 Å². The number of aromatic nitrogens is 2. The number of hydrogen-bond donors (Lipinski definition) is 0. The smallest absolute Gasteiger partial charge is 0.274 e. The lowest BCUT2D eigenvalue weighted by Crippen LogP contribution is -2.12. The molecule has 0 aliphatic carbocycles. The lowest BCUT2D eigenvalue weighted by atomic mass is 10.2. The van der Waals surface area contributed by atoms with Gasteiger partial charge in [0, 0.05) is 13.2 Å². The third kappa shape index (κ3) is 3.36. The van der Waals surface area contributed by atoms with Crippen molar-refractivity contribution in [3.8, 4) is 5.75 Å². The van der Waals surface area contributed by atoms with E-state index in [9.17, 15) is 0 Å². The van der Waals surface area contributed by atoms with E-state index >= 15 is 0 Å². The zero-order chi connectivity index (χ0) is 14.7. The molecule has 0 saturated carbocycles. The first kappa shape index (κ1) is 14.5. The molecule has 0 N–H and O–H groups in total. The molecule has 1 aromatic carbocycles. The van der Waals surface area contributed by atoms with Crippen molar-refractivity contribution in [2.45, 2.75) is 26.9 Å². The maximum absolute atomic E-state index is 5.99. The van der Waals surface area contributed by atoms with Crippen LogP contribution in [0.3, 0.4) is 0 Å². The Morgan fingerprint density at radius 3 is 2.70 bits per heavy atom. The van der Waals surface area contributed by atoms with Gasteiger partial charge in [-0.3, -0.25) is 0 Å². The largest absolute Gasteiger partial charge is 0.541 e. The molecule has 0 aliphatic heterocycles. The van der Waals surface area contributed by atoms with Crippen LogP contribution in [0.1, 0.15) is 18.2 Å². The van der Waals surface area contributed by atoms with Crippen LogP contribution in [-0.2, 0) is 7.05 Å². The van der Waals surface area contributed by atoms with E-state index in [1.165, 1.54) is 0 Å². The van der Waals surface area contributed by atoms with E-state index in [1.54, 1.807) is 6.33 Å². The fourth-order valence-electron chi connectivity index (χ4n) is 1.90. The highest BCUT2D eigenvalue weighted by Gasteiger charge is 2.10. The Kier molecular flexibility index (Phi) is 4.39. The van der Waals surface area contributed by atoms with Gasteiger partial charge in [-0.25, -0.2) is 9.98 Å². The van der Waals surface area contributed by atoms with E-state index in [2.05, 4.69) is 36.1 Å². The number of rotatable bonds is 4. The molecule has 20 heavy (non-hydrogen) atoms. The molecule has 4 nitrogen and oxygen atoms in total. The van der Waals surface area contributed by atoms with Crippen LogP contribution in [0.25, 0.3) is 0 Å². The molecule has 2 rings (SSSR count). The van der Waals surface area contributed by atoms with Crippen molar-refractivity contribution in [3.63, 3.8) is 0 Å². The maximum atomic E-state index is 5.99. The van der Waals surface area contributed by atoms with E-state index < -0.39 is 9.04 Å². The van der Waals surface area contributed by atoms with Gasteiger partial charge in [0.15, 0.2) is 0 Å². The van der Waals surface area contributed by atoms with E-state index in [1.807, 2.05) is 36.9 Å². The van der Waals surface area contributed by atoms with Crippen molar-refractivity contribution in [1.29, 1.82) is 0 Å². The molecule has 0 saturated heterocycles. The molecular weight excluding hydrogens is 266 g/mol. The summed E-state index contributed by atoms with van der Waals surface area (Å²) in [7, 11) is 1.14. The molecule has 1 radical (unpaired) electrons. The first-order valence-electron chi connectivity index (χ1n) is 6.58. The molecule has 0 aliphatic rings. The van der Waals surface area contributed by atoms with Crippen LogP contribution in [0.15, 0.2) is 35.7 Å². The van der Waals surface area contributed by atoms with E-state index in [4.69, 9.17) is 4.43 Å². The third-order valence-electron chi connectivity index (χ3n) is 2.86. The fourth-order valence-corrected chi connectivity index (χ4v) is 2.57. The van der Waals surface area contributed by atoms with Gasteiger partial charge in [0.1, 0.15) is 17.1 Å². The molecular formula is C15H20N3OSi. The van der Waals surface area contributed by atoms with E-state index in [0.717, 1.165) is 28.4 Å². The third-order valence-corrected chi connectivity index (χ3v) is 3.47. The lowest BCUT2D eigenvalue weighted by molar-refractivity contribution is 0.577. The summed E-state index contributed by atoms with van der Waals surface area (Å²) < 4.78 is 7.91. The summed E-state index contributed by atoms with van der Waals surface area (Å²) in [4.78, 5) is 9.01. The first-order valence-corrected chi connectivity index (χ1v) is 8.99. The van der Waals surface area contributed by atoms with Gasteiger partial charge in [0.05, 0.1) is 12.0 Å². The van der Waals surface area contributed by atoms with Crippen LogP contribution in [0.4, 0.5) is 5.69 Å². The van der Waals surface area contributed by atoms with Crippen molar-refractivity contribution in [2.24, 2.45) is 12.0 Å². The predicted octanol–water partition coefficient (Wildman–Crippen LogP) is 3.50. The Bertz CT molecular complexity index is 632. The molecule has 0 unspecified atom stereocenters. The molecule has 1 heterocycles. The van der Waals surface area contributed by atoms with Gasteiger partial charge in [0.25, 0.3) is 9.04 Å². The quantitative estimate of drug-likeness (QED) is 0.637. The molecule has 0 fully saturated rings. The Balaban J connectivity index is 2.40. The van der Waals surface area contributed by atoms with Crippen LogP contribution < -0.4 is 4.43 Å². The second kappa shape index (κ2) is 6.05. The van der Waals surface area contributed by atoms with E-state index in [-0.39, 0.29) is 0 Å². The van der Waals surface area contributed by atoms with Crippen molar-refractivity contribution in [1.82, 2.24) is 9.55 Å². The number of aryl methyl sites for hydroxylation is 2. The monoisotopic (exact) mass is 286 g/mol. The Morgan fingerprint density at radius 2 is 2.10 bits per heavy atom. The second-order valence-corrected chi connectivity index (χ2v) is 7.08. The highest BCUT2D eigenvalue weighted by Crippen LogP contribution is 2.32. The number of hydrogen-bond acceptors (Lipinski definition) is 3. The first-order chi connectivity index (χ1) is 9.47. The summed E-state index contributed by atoms with van der Waals surface area (Å²) >= 11 is 0. The standard InChI is InChI=1S/C15H20N3OSi/c1-11-7-6-8-13(15(11)19-20(4)5)17-12(2)14-9-18(3)10-16-14/h6-10H,1-5H3. The normalized spacial score (nSPS) is 12.0. The second-order valence-electron chi connectivity index (χ2n) is 5.06. The number of nitrogens with zero attached hydrogens (tertiary/aromatic N) is 3. The highest BCUT2D eigenvalue weighted by atomic mass is 28.3. The molecule has 2 aromatic rings. The predicted molar refractivity (Wildman–Crippen MR) is 84.4 cm³/mol. The summed E-state index contributed by atoms with van der Waals surface area (Å²) in [5.74, 6) is 0.890. The lowest BCUT2D eigenvalue weighted by Gasteiger charge is -2.14. The minimum Gasteiger partial charge on any atom is -0.541 e. The van der Waals surface area contributed by atoms with Crippen LogP contribution in [0.2, 0.25) is 13.1 Å². The minimum atomic E-state index is -0.815. The number of benzene rings is 1. The molecule has 105 valence electrons. The Morgan fingerprint density at radius 1 is 1.35 bits per heavy atom. The van der Waals surface area contributed by atoms with Crippen molar-refractivity contribution < 1.29 is 4.43 Å². The molecule has 0 bridgehead atoms. The Labute approximate surface area is 121 Å². The van der Waals surface area contributed by atoms with Crippen LogP contribution in [-0.4, -0.2) is 24.3 Å². The topological polar surface area (TPSA) is 39.4 Å². The summed E-state index contributed by atoms with van der Waals surface area (Å²) in [6.07, 6.45) is 3.74. The number of imidazole rings is 1. The van der Waals surface area contributed by atoms with Gasteiger partial charge >= 0.3 is 0 Å². The minimum absolute atomic E-state index is 0.815. The average Bonchev–Trinajstić information content (AvgIpc) is 2.80. The maximum Gasteiger partial charge on any atom is 0.274 e. The van der Waals surface area contributed by atoms with Gasteiger partial charge in [-0.05, 0) is 38.6 Å². The van der Waals surface area contributed by atoms with Gasteiger partial charge in [-0.2, -0.15) is 0 Å². The van der Waals surface area contributed by atoms with E-state index in [0.29, 0.717) is 0 Å². The highest BCUT2D eigenvalue weighted by molar-refractivity contribution is 6.49. The van der Waals surface area contributed by atoms with Crippen molar-refractivity contribution >= 4 is 20.4 Å². The van der Waals surface area contributed by atoms with Gasteiger partial charge in [-0.1, -0.05) is 12.1 Å². The molecule has 1 aromatic heterocycles. The zero-order valence-electron chi connectivity index (χ0n) is 12.6. The molecule has 0 atom stereocenters. The summed E-state index contributed by atoms with van der Waals surface area (Å²) in [5, 5.41) is 0. The molecule has 5 heteroatoms. The van der Waals surface area contributed by atoms with Gasteiger partial charge in [-0.15, -0.1) is 0 Å². The molecule has 0 amide bonds.